The highest BCUT2D eigenvalue weighted by atomic mass is 79.9. The summed E-state index contributed by atoms with van der Waals surface area (Å²) in [5, 5.41) is 0. The van der Waals surface area contributed by atoms with Crippen molar-refractivity contribution in [2.45, 2.75) is 37.0 Å². The molecular weight excluding hydrogens is 344 g/mol. The summed E-state index contributed by atoms with van der Waals surface area (Å²) < 4.78 is 27.7. The standard InChI is InChI=1S/C12H19BrN4O2S/c13-10-8-11(12(16-14)15-9-10)20(18,19)17-6-4-2-1-3-5-7-17/h8-9H,1-7,14H2,(H,15,16). The number of hydrogen-bond acceptors (Lipinski definition) is 5. The Hall–Kier alpha value is -0.700. The molecule has 1 fully saturated rings. The van der Waals surface area contributed by atoms with E-state index in [1.54, 1.807) is 0 Å². The SMILES string of the molecule is NNc1ncc(Br)cc1S(=O)(=O)N1CCCCCCC1. The number of pyridine rings is 1. The first-order chi connectivity index (χ1) is 9.55. The first-order valence-corrected chi connectivity index (χ1v) is 8.91. The summed E-state index contributed by atoms with van der Waals surface area (Å²) in [5.74, 6) is 5.55. The van der Waals surface area contributed by atoms with Gasteiger partial charge < -0.3 is 5.43 Å². The van der Waals surface area contributed by atoms with E-state index in [4.69, 9.17) is 5.84 Å². The molecule has 2 rings (SSSR count). The second kappa shape index (κ2) is 6.84. The molecule has 3 N–H and O–H groups in total. The zero-order valence-electron chi connectivity index (χ0n) is 11.2. The molecule has 0 unspecified atom stereocenters. The molecule has 0 bridgehead atoms. The summed E-state index contributed by atoms with van der Waals surface area (Å²) in [5.41, 5.74) is 2.36. The highest BCUT2D eigenvalue weighted by Crippen LogP contribution is 2.27. The van der Waals surface area contributed by atoms with E-state index in [0.717, 1.165) is 25.7 Å². The molecule has 112 valence electrons. The van der Waals surface area contributed by atoms with E-state index in [0.29, 0.717) is 17.6 Å². The molecule has 1 saturated heterocycles. The van der Waals surface area contributed by atoms with E-state index < -0.39 is 10.0 Å². The smallest absolute Gasteiger partial charge is 0.246 e. The lowest BCUT2D eigenvalue weighted by Crippen LogP contribution is -2.34. The lowest BCUT2D eigenvalue weighted by molar-refractivity contribution is 0.364. The third-order valence-electron chi connectivity index (χ3n) is 3.39. The number of hydrogen-bond donors (Lipinski definition) is 2. The highest BCUT2D eigenvalue weighted by molar-refractivity contribution is 9.10. The lowest BCUT2D eigenvalue weighted by atomic mass is 10.1. The molecule has 0 radical (unpaired) electrons. The van der Waals surface area contributed by atoms with Crippen molar-refractivity contribution in [3.63, 3.8) is 0 Å². The van der Waals surface area contributed by atoms with E-state index in [-0.39, 0.29) is 10.7 Å². The monoisotopic (exact) mass is 362 g/mol. The van der Waals surface area contributed by atoms with Crippen LogP contribution in [0.1, 0.15) is 32.1 Å². The van der Waals surface area contributed by atoms with Gasteiger partial charge in [-0.05, 0) is 34.8 Å². The molecule has 20 heavy (non-hydrogen) atoms. The van der Waals surface area contributed by atoms with Crippen molar-refractivity contribution in [1.29, 1.82) is 0 Å². The van der Waals surface area contributed by atoms with Crippen LogP contribution in [0.4, 0.5) is 5.82 Å². The molecule has 0 saturated carbocycles. The number of nitrogens with two attached hydrogens (primary N) is 1. The van der Waals surface area contributed by atoms with Crippen LogP contribution in [0.2, 0.25) is 0 Å². The maximum atomic E-state index is 12.8. The third-order valence-corrected chi connectivity index (χ3v) is 5.73. The Labute approximate surface area is 127 Å². The van der Waals surface area contributed by atoms with Crippen LogP contribution in [0.3, 0.4) is 0 Å². The van der Waals surface area contributed by atoms with Crippen LogP contribution in [-0.4, -0.2) is 30.8 Å². The predicted octanol–water partition coefficient (Wildman–Crippen LogP) is 2.08. The van der Waals surface area contributed by atoms with Gasteiger partial charge in [0.2, 0.25) is 10.0 Å². The van der Waals surface area contributed by atoms with Gasteiger partial charge in [-0.1, -0.05) is 19.3 Å². The van der Waals surface area contributed by atoms with Crippen molar-refractivity contribution in [1.82, 2.24) is 9.29 Å². The molecule has 0 aromatic carbocycles. The quantitative estimate of drug-likeness (QED) is 0.634. The predicted molar refractivity (Wildman–Crippen MR) is 81.6 cm³/mol. The molecule has 0 aliphatic carbocycles. The molecule has 6 nitrogen and oxygen atoms in total. The molecule has 8 heteroatoms. The Morgan fingerprint density at radius 2 is 1.80 bits per heavy atom. The normalized spacial score (nSPS) is 18.3. The van der Waals surface area contributed by atoms with Crippen LogP contribution in [-0.2, 0) is 10.0 Å². The third kappa shape index (κ3) is 3.49. The van der Waals surface area contributed by atoms with Gasteiger partial charge in [-0.25, -0.2) is 19.2 Å². The number of hydrazine groups is 1. The minimum absolute atomic E-state index is 0.120. The Morgan fingerprint density at radius 1 is 1.20 bits per heavy atom. The van der Waals surface area contributed by atoms with Crippen LogP contribution >= 0.6 is 15.9 Å². The first kappa shape index (κ1) is 15.7. The molecular formula is C12H19BrN4O2S. The Bertz CT molecular complexity index is 557. The molecule has 1 aromatic rings. The maximum Gasteiger partial charge on any atom is 0.246 e. The van der Waals surface area contributed by atoms with Gasteiger partial charge in [0.1, 0.15) is 4.90 Å². The van der Waals surface area contributed by atoms with E-state index >= 15 is 0 Å². The van der Waals surface area contributed by atoms with Gasteiger partial charge in [-0.3, -0.25) is 0 Å². The number of nitrogens with one attached hydrogen (secondary N) is 1. The van der Waals surface area contributed by atoms with E-state index in [2.05, 4.69) is 26.3 Å². The van der Waals surface area contributed by atoms with Crippen molar-refractivity contribution < 1.29 is 8.42 Å². The molecule has 2 heterocycles. The number of aromatic nitrogens is 1. The van der Waals surface area contributed by atoms with Gasteiger partial charge in [0.05, 0.1) is 0 Å². The van der Waals surface area contributed by atoms with Crippen LogP contribution in [0.5, 0.6) is 0 Å². The van der Waals surface area contributed by atoms with Gasteiger partial charge in [0.25, 0.3) is 0 Å². The topological polar surface area (TPSA) is 88.3 Å². The number of halogens is 1. The summed E-state index contributed by atoms with van der Waals surface area (Å²) in [6.45, 7) is 1.11. The van der Waals surface area contributed by atoms with Crippen LogP contribution in [0, 0.1) is 0 Å². The Kier molecular flexibility index (Phi) is 5.36. The van der Waals surface area contributed by atoms with E-state index in [1.165, 1.54) is 23.0 Å². The second-order valence-corrected chi connectivity index (χ2v) is 7.64. The zero-order chi connectivity index (χ0) is 14.6. The molecule has 0 amide bonds. The minimum Gasteiger partial charge on any atom is -0.307 e. The number of nitrogen functional groups attached to an aromatic ring is 1. The minimum atomic E-state index is -3.57. The first-order valence-electron chi connectivity index (χ1n) is 6.68. The van der Waals surface area contributed by atoms with Crippen molar-refractivity contribution in [2.24, 2.45) is 5.84 Å². The summed E-state index contributed by atoms with van der Waals surface area (Å²) in [7, 11) is -3.57. The summed E-state index contributed by atoms with van der Waals surface area (Å²) in [6.07, 6.45) is 6.64. The fourth-order valence-corrected chi connectivity index (χ4v) is 4.46. The van der Waals surface area contributed by atoms with Gasteiger partial charge in [0, 0.05) is 23.8 Å². The average Bonchev–Trinajstić information content (AvgIpc) is 2.37. The van der Waals surface area contributed by atoms with Crippen LogP contribution < -0.4 is 11.3 Å². The maximum absolute atomic E-state index is 12.8. The summed E-state index contributed by atoms with van der Waals surface area (Å²) in [4.78, 5) is 4.13. The van der Waals surface area contributed by atoms with Gasteiger partial charge >= 0.3 is 0 Å². The molecule has 1 aliphatic rings. The van der Waals surface area contributed by atoms with E-state index in [1.807, 2.05) is 0 Å². The van der Waals surface area contributed by atoms with Crippen molar-refractivity contribution in [2.75, 3.05) is 18.5 Å². The number of anilines is 1. The molecule has 1 aliphatic heterocycles. The van der Waals surface area contributed by atoms with Crippen molar-refractivity contribution in [3.8, 4) is 0 Å². The van der Waals surface area contributed by atoms with Crippen molar-refractivity contribution >= 4 is 31.8 Å². The van der Waals surface area contributed by atoms with Crippen LogP contribution in [0.25, 0.3) is 0 Å². The number of sulfonamides is 1. The molecule has 1 aromatic heterocycles. The fourth-order valence-electron chi connectivity index (χ4n) is 2.32. The second-order valence-electron chi connectivity index (χ2n) is 4.82. The Balaban J connectivity index is 2.35. The number of rotatable bonds is 3. The van der Waals surface area contributed by atoms with Crippen molar-refractivity contribution in [3.05, 3.63) is 16.7 Å². The highest BCUT2D eigenvalue weighted by Gasteiger charge is 2.28. The lowest BCUT2D eigenvalue weighted by Gasteiger charge is -2.24. The largest absolute Gasteiger partial charge is 0.307 e. The van der Waals surface area contributed by atoms with E-state index in [9.17, 15) is 8.42 Å². The zero-order valence-corrected chi connectivity index (χ0v) is 13.6. The van der Waals surface area contributed by atoms with Gasteiger partial charge in [-0.2, -0.15) is 4.31 Å². The average molecular weight is 363 g/mol. The summed E-state index contributed by atoms with van der Waals surface area (Å²) in [6, 6.07) is 1.54. The molecule has 0 spiro atoms. The van der Waals surface area contributed by atoms with Gasteiger partial charge in [0.15, 0.2) is 5.82 Å². The van der Waals surface area contributed by atoms with Crippen LogP contribution in [0.15, 0.2) is 21.6 Å². The Morgan fingerprint density at radius 3 is 2.40 bits per heavy atom. The summed E-state index contributed by atoms with van der Waals surface area (Å²) >= 11 is 3.26. The molecule has 0 atom stereocenters. The number of nitrogens with zero attached hydrogens (tertiary/aromatic N) is 2. The fraction of sp³-hybridized carbons (Fsp3) is 0.583. The van der Waals surface area contributed by atoms with Gasteiger partial charge in [-0.15, -0.1) is 0 Å².